The number of aryl methyl sites for hydroxylation is 1. The molecule has 2 aromatic rings. The molecular weight excluding hydrogens is 368 g/mol. The van der Waals surface area contributed by atoms with Gasteiger partial charge in [-0.1, -0.05) is 43.7 Å². The maximum Gasteiger partial charge on any atom is 0.414 e. The molecule has 29 heavy (non-hydrogen) atoms. The molecule has 154 valence electrons. The second-order valence-electron chi connectivity index (χ2n) is 7.95. The van der Waals surface area contributed by atoms with Crippen molar-refractivity contribution >= 4 is 17.7 Å². The highest BCUT2D eigenvalue weighted by Crippen LogP contribution is 2.32. The van der Waals surface area contributed by atoms with Crippen molar-refractivity contribution in [1.82, 2.24) is 5.32 Å². The summed E-state index contributed by atoms with van der Waals surface area (Å²) in [4.78, 5) is 26.8. The molecule has 1 heterocycles. The van der Waals surface area contributed by atoms with E-state index in [1.807, 2.05) is 51.1 Å². The SMILES string of the molecule is Cc1ccc(-c2cc(C(=O)N[C@@H](C)CO)cc(N3C(=O)OCC3C(C)C)c2)cc1. The van der Waals surface area contributed by atoms with Crippen LogP contribution in [0.15, 0.2) is 42.5 Å². The zero-order valence-corrected chi connectivity index (χ0v) is 17.3. The molecule has 1 aliphatic heterocycles. The van der Waals surface area contributed by atoms with Crippen LogP contribution in [0.4, 0.5) is 10.5 Å². The Bertz CT molecular complexity index is 892. The molecule has 6 heteroatoms. The van der Waals surface area contributed by atoms with Crippen LogP contribution in [0.3, 0.4) is 0 Å². The third-order valence-electron chi connectivity index (χ3n) is 5.17. The minimum atomic E-state index is -0.403. The number of anilines is 1. The number of carbonyl (C=O) groups is 2. The fourth-order valence-electron chi connectivity index (χ4n) is 3.37. The monoisotopic (exact) mass is 396 g/mol. The van der Waals surface area contributed by atoms with Gasteiger partial charge in [0.25, 0.3) is 5.91 Å². The standard InChI is InChI=1S/C23H28N2O4/c1-14(2)21-13-29-23(28)25(21)20-10-18(17-7-5-15(3)6-8-17)9-19(11-20)22(27)24-16(4)12-26/h5-11,14,16,21,26H,12-13H2,1-4H3,(H,24,27)/t16-,21?/m0/s1. The van der Waals surface area contributed by atoms with Gasteiger partial charge in [-0.25, -0.2) is 4.79 Å². The lowest BCUT2D eigenvalue weighted by molar-refractivity contribution is 0.0922. The minimum absolute atomic E-state index is 0.0944. The van der Waals surface area contributed by atoms with E-state index in [-0.39, 0.29) is 30.5 Å². The van der Waals surface area contributed by atoms with Crippen LogP contribution in [0, 0.1) is 12.8 Å². The van der Waals surface area contributed by atoms with E-state index in [0.717, 1.165) is 16.7 Å². The van der Waals surface area contributed by atoms with E-state index in [4.69, 9.17) is 4.74 Å². The molecule has 2 aromatic carbocycles. The quantitative estimate of drug-likeness (QED) is 0.779. The van der Waals surface area contributed by atoms with Crippen molar-refractivity contribution in [3.8, 4) is 11.1 Å². The Kier molecular flexibility index (Phi) is 6.23. The number of ether oxygens (including phenoxy) is 1. The molecule has 0 spiro atoms. The zero-order chi connectivity index (χ0) is 21.1. The van der Waals surface area contributed by atoms with E-state index < -0.39 is 6.09 Å². The van der Waals surface area contributed by atoms with Crippen LogP contribution < -0.4 is 10.2 Å². The summed E-state index contributed by atoms with van der Waals surface area (Å²) < 4.78 is 5.29. The molecule has 6 nitrogen and oxygen atoms in total. The maximum absolute atomic E-state index is 12.8. The molecule has 3 rings (SSSR count). The first-order chi connectivity index (χ1) is 13.8. The predicted octanol–water partition coefficient (Wildman–Crippen LogP) is 3.75. The van der Waals surface area contributed by atoms with Crippen molar-refractivity contribution in [3.63, 3.8) is 0 Å². The summed E-state index contributed by atoms with van der Waals surface area (Å²) in [7, 11) is 0. The van der Waals surface area contributed by atoms with E-state index in [1.165, 1.54) is 0 Å². The summed E-state index contributed by atoms with van der Waals surface area (Å²) in [5.41, 5.74) is 4.00. The largest absolute Gasteiger partial charge is 0.447 e. The number of carbonyl (C=O) groups excluding carboxylic acids is 2. The van der Waals surface area contributed by atoms with Crippen LogP contribution in [-0.4, -0.2) is 42.4 Å². The summed E-state index contributed by atoms with van der Waals surface area (Å²) in [6.45, 7) is 8.01. The van der Waals surface area contributed by atoms with Gasteiger partial charge < -0.3 is 15.2 Å². The average molecular weight is 396 g/mol. The Morgan fingerprint density at radius 1 is 1.17 bits per heavy atom. The van der Waals surface area contributed by atoms with Gasteiger partial charge in [-0.2, -0.15) is 0 Å². The highest BCUT2D eigenvalue weighted by Gasteiger charge is 2.36. The van der Waals surface area contributed by atoms with Crippen molar-refractivity contribution in [3.05, 3.63) is 53.6 Å². The Hall–Kier alpha value is -2.86. The molecule has 1 unspecified atom stereocenters. The third kappa shape index (κ3) is 4.59. The summed E-state index contributed by atoms with van der Waals surface area (Å²) in [6, 6.07) is 13.0. The van der Waals surface area contributed by atoms with E-state index in [0.29, 0.717) is 17.9 Å². The molecule has 0 saturated carbocycles. The highest BCUT2D eigenvalue weighted by molar-refractivity contribution is 5.99. The van der Waals surface area contributed by atoms with Gasteiger partial charge in [-0.05, 0) is 49.1 Å². The zero-order valence-electron chi connectivity index (χ0n) is 17.3. The highest BCUT2D eigenvalue weighted by atomic mass is 16.6. The normalized spacial score (nSPS) is 17.4. The molecule has 1 fully saturated rings. The van der Waals surface area contributed by atoms with Gasteiger partial charge in [0, 0.05) is 17.3 Å². The number of benzene rings is 2. The van der Waals surface area contributed by atoms with Crippen LogP contribution >= 0.6 is 0 Å². The Morgan fingerprint density at radius 3 is 2.48 bits per heavy atom. The lowest BCUT2D eigenvalue weighted by Gasteiger charge is -2.25. The predicted molar refractivity (Wildman–Crippen MR) is 113 cm³/mol. The number of hydrogen-bond donors (Lipinski definition) is 2. The molecule has 0 aliphatic carbocycles. The summed E-state index contributed by atoms with van der Waals surface area (Å²) in [5.74, 6) is -0.0911. The van der Waals surface area contributed by atoms with Crippen LogP contribution in [0.1, 0.15) is 36.7 Å². The van der Waals surface area contributed by atoms with Crippen molar-refractivity contribution in [1.29, 1.82) is 0 Å². The van der Waals surface area contributed by atoms with Gasteiger partial charge in [-0.3, -0.25) is 9.69 Å². The second kappa shape index (κ2) is 8.66. The minimum Gasteiger partial charge on any atom is -0.447 e. The van der Waals surface area contributed by atoms with Crippen LogP contribution in [0.5, 0.6) is 0 Å². The van der Waals surface area contributed by atoms with E-state index >= 15 is 0 Å². The molecule has 0 aromatic heterocycles. The lowest BCUT2D eigenvalue weighted by Crippen LogP contribution is -2.38. The summed E-state index contributed by atoms with van der Waals surface area (Å²) >= 11 is 0. The van der Waals surface area contributed by atoms with Gasteiger partial charge in [0.15, 0.2) is 0 Å². The molecule has 1 saturated heterocycles. The smallest absolute Gasteiger partial charge is 0.414 e. The van der Waals surface area contributed by atoms with Gasteiger partial charge in [0.1, 0.15) is 6.61 Å². The topological polar surface area (TPSA) is 78.9 Å². The number of aliphatic hydroxyl groups is 1. The molecule has 2 N–H and O–H groups in total. The first-order valence-corrected chi connectivity index (χ1v) is 9.90. The van der Waals surface area contributed by atoms with Crippen molar-refractivity contribution < 1.29 is 19.4 Å². The van der Waals surface area contributed by atoms with Crippen molar-refractivity contribution in [2.75, 3.05) is 18.1 Å². The van der Waals surface area contributed by atoms with Gasteiger partial charge in [0.05, 0.1) is 12.6 Å². The molecular formula is C23H28N2O4. The van der Waals surface area contributed by atoms with Crippen LogP contribution in [0.25, 0.3) is 11.1 Å². The van der Waals surface area contributed by atoms with E-state index in [9.17, 15) is 14.7 Å². The molecule has 2 amide bonds. The molecule has 0 bridgehead atoms. The lowest BCUT2D eigenvalue weighted by atomic mass is 9.98. The molecule has 2 atom stereocenters. The number of amides is 2. The number of nitrogens with one attached hydrogen (secondary N) is 1. The Morgan fingerprint density at radius 2 is 1.86 bits per heavy atom. The number of nitrogens with zero attached hydrogens (tertiary/aromatic N) is 1. The first kappa shape index (κ1) is 20.9. The fourth-order valence-corrected chi connectivity index (χ4v) is 3.37. The number of cyclic esters (lactones) is 1. The van der Waals surface area contributed by atoms with E-state index in [1.54, 1.807) is 24.0 Å². The molecule has 1 aliphatic rings. The van der Waals surface area contributed by atoms with E-state index in [2.05, 4.69) is 5.32 Å². The third-order valence-corrected chi connectivity index (χ3v) is 5.17. The summed E-state index contributed by atoms with van der Waals surface area (Å²) in [5, 5.41) is 12.0. The number of aliphatic hydroxyl groups excluding tert-OH is 1. The Balaban J connectivity index is 2.08. The maximum atomic E-state index is 12.8. The summed E-state index contributed by atoms with van der Waals surface area (Å²) in [6.07, 6.45) is -0.403. The van der Waals surface area contributed by atoms with Gasteiger partial charge >= 0.3 is 6.09 Å². The molecule has 0 radical (unpaired) electrons. The van der Waals surface area contributed by atoms with Crippen molar-refractivity contribution in [2.24, 2.45) is 5.92 Å². The van der Waals surface area contributed by atoms with Gasteiger partial charge in [-0.15, -0.1) is 0 Å². The van der Waals surface area contributed by atoms with Crippen LogP contribution in [-0.2, 0) is 4.74 Å². The second-order valence-corrected chi connectivity index (χ2v) is 7.95. The van der Waals surface area contributed by atoms with Crippen LogP contribution in [0.2, 0.25) is 0 Å². The Labute approximate surface area is 171 Å². The van der Waals surface area contributed by atoms with Crippen molar-refractivity contribution in [2.45, 2.75) is 39.8 Å². The average Bonchev–Trinajstić information content (AvgIpc) is 3.09. The number of hydrogen-bond acceptors (Lipinski definition) is 4. The first-order valence-electron chi connectivity index (χ1n) is 9.90. The fraction of sp³-hybridized carbons (Fsp3) is 0.391. The van der Waals surface area contributed by atoms with Gasteiger partial charge in [0.2, 0.25) is 0 Å². The number of rotatable bonds is 6.